The molecule has 1 saturated carbocycles. The van der Waals surface area contributed by atoms with E-state index in [2.05, 4.69) is 0 Å². The molecule has 0 saturated heterocycles. The van der Waals surface area contributed by atoms with E-state index in [9.17, 15) is 14.0 Å². The van der Waals surface area contributed by atoms with E-state index in [1.165, 1.54) is 0 Å². The Kier molecular flexibility index (Phi) is 3.05. The van der Waals surface area contributed by atoms with Crippen molar-refractivity contribution in [1.82, 2.24) is 0 Å². The van der Waals surface area contributed by atoms with Gasteiger partial charge in [0.25, 0.3) is 0 Å². The van der Waals surface area contributed by atoms with E-state index in [1.54, 1.807) is 0 Å². The lowest BCUT2D eigenvalue weighted by molar-refractivity contribution is -0.160. The topological polar surface area (TPSA) is 94.8 Å². The third-order valence-electron chi connectivity index (χ3n) is 2.51. The molecule has 0 bridgehead atoms. The van der Waals surface area contributed by atoms with Gasteiger partial charge in [0, 0.05) is 0 Å². The maximum Gasteiger partial charge on any atom is 0.307 e. The second-order valence-corrected chi connectivity index (χ2v) is 3.44. The normalized spacial score (nSPS) is 37.9. The Morgan fingerprint density at radius 1 is 1.07 bits per heavy atom. The smallest absolute Gasteiger partial charge is 0.307 e. The van der Waals surface area contributed by atoms with Gasteiger partial charge < -0.3 is 15.3 Å². The Bertz CT molecular complexity index is 228. The third kappa shape index (κ3) is 2.01. The molecule has 1 fully saturated rings. The molecule has 0 unspecified atom stereocenters. The average Bonchev–Trinajstić information content (AvgIpc) is 2.08. The van der Waals surface area contributed by atoms with Gasteiger partial charge in [-0.15, -0.1) is 0 Å². The lowest BCUT2D eigenvalue weighted by Crippen LogP contribution is -2.43. The standard InChI is InChI=1S/C8H11FO5/c9-5-1-3(7(11)12)4(8(13)14)2-6(5)10/h3-6,10H,1-2H2,(H,11,12)(H,13,14)/t3-,4-,5-,6-/m1/s1. The highest BCUT2D eigenvalue weighted by atomic mass is 19.1. The third-order valence-corrected chi connectivity index (χ3v) is 2.51. The fourth-order valence-electron chi connectivity index (χ4n) is 1.68. The van der Waals surface area contributed by atoms with Crippen molar-refractivity contribution in [2.24, 2.45) is 11.8 Å². The van der Waals surface area contributed by atoms with Crippen LogP contribution in [0.3, 0.4) is 0 Å². The number of carbonyl (C=O) groups is 2. The summed E-state index contributed by atoms with van der Waals surface area (Å²) in [4.78, 5) is 21.2. The summed E-state index contributed by atoms with van der Waals surface area (Å²) in [6.07, 6.45) is -3.79. The van der Waals surface area contributed by atoms with Crippen LogP contribution in [0.4, 0.5) is 4.39 Å². The summed E-state index contributed by atoms with van der Waals surface area (Å²) < 4.78 is 12.9. The van der Waals surface area contributed by atoms with E-state index in [0.717, 1.165) is 0 Å². The van der Waals surface area contributed by atoms with E-state index in [4.69, 9.17) is 15.3 Å². The summed E-state index contributed by atoms with van der Waals surface area (Å²) in [6, 6.07) is 0. The molecule has 1 aliphatic rings. The molecule has 6 heteroatoms. The Labute approximate surface area is 79.2 Å². The van der Waals surface area contributed by atoms with Crippen LogP contribution in [-0.4, -0.2) is 39.5 Å². The molecule has 0 heterocycles. The first-order valence-corrected chi connectivity index (χ1v) is 4.21. The zero-order valence-electron chi connectivity index (χ0n) is 7.26. The van der Waals surface area contributed by atoms with E-state index < -0.39 is 42.5 Å². The van der Waals surface area contributed by atoms with Crippen LogP contribution < -0.4 is 0 Å². The summed E-state index contributed by atoms with van der Waals surface area (Å²) in [6.45, 7) is 0. The number of hydrogen-bond acceptors (Lipinski definition) is 3. The largest absolute Gasteiger partial charge is 0.481 e. The fraction of sp³-hybridized carbons (Fsp3) is 0.750. The van der Waals surface area contributed by atoms with Gasteiger partial charge in [-0.3, -0.25) is 9.59 Å². The van der Waals surface area contributed by atoms with Gasteiger partial charge in [-0.2, -0.15) is 0 Å². The highest BCUT2D eigenvalue weighted by molar-refractivity contribution is 5.80. The van der Waals surface area contributed by atoms with Crippen molar-refractivity contribution >= 4 is 11.9 Å². The minimum absolute atomic E-state index is 0.340. The Balaban J connectivity index is 2.80. The number of aliphatic hydroxyl groups excluding tert-OH is 1. The monoisotopic (exact) mass is 206 g/mol. The Hall–Kier alpha value is -1.17. The van der Waals surface area contributed by atoms with Crippen molar-refractivity contribution in [2.45, 2.75) is 25.1 Å². The van der Waals surface area contributed by atoms with Crippen molar-refractivity contribution in [1.29, 1.82) is 0 Å². The quantitative estimate of drug-likeness (QED) is 0.585. The molecule has 0 aliphatic heterocycles. The number of hydrogen-bond donors (Lipinski definition) is 3. The molecule has 0 aromatic heterocycles. The summed E-state index contributed by atoms with van der Waals surface area (Å²) >= 11 is 0. The highest BCUT2D eigenvalue weighted by Crippen LogP contribution is 2.32. The number of carboxylic acid groups (broad SMARTS) is 2. The number of rotatable bonds is 2. The van der Waals surface area contributed by atoms with Gasteiger partial charge in [-0.1, -0.05) is 0 Å². The minimum Gasteiger partial charge on any atom is -0.481 e. The van der Waals surface area contributed by atoms with Crippen molar-refractivity contribution < 1.29 is 29.3 Å². The first-order chi connectivity index (χ1) is 6.43. The van der Waals surface area contributed by atoms with E-state index in [-0.39, 0.29) is 6.42 Å². The number of halogens is 1. The molecule has 5 nitrogen and oxygen atoms in total. The van der Waals surface area contributed by atoms with Crippen LogP contribution in [0.1, 0.15) is 12.8 Å². The maximum atomic E-state index is 12.9. The van der Waals surface area contributed by atoms with Crippen LogP contribution in [0.5, 0.6) is 0 Å². The molecule has 0 aromatic rings. The molecular formula is C8H11FO5. The second-order valence-electron chi connectivity index (χ2n) is 3.44. The fourth-order valence-corrected chi connectivity index (χ4v) is 1.68. The van der Waals surface area contributed by atoms with Gasteiger partial charge in [0.15, 0.2) is 0 Å². The summed E-state index contributed by atoms with van der Waals surface area (Å²) in [7, 11) is 0. The molecule has 4 atom stereocenters. The zero-order chi connectivity index (χ0) is 10.9. The number of aliphatic hydroxyl groups is 1. The van der Waals surface area contributed by atoms with Gasteiger partial charge in [-0.05, 0) is 12.8 Å². The maximum absolute atomic E-state index is 12.9. The summed E-state index contributed by atoms with van der Waals surface area (Å²) in [5, 5.41) is 26.4. The van der Waals surface area contributed by atoms with Crippen LogP contribution >= 0.6 is 0 Å². The second kappa shape index (κ2) is 3.91. The lowest BCUT2D eigenvalue weighted by Gasteiger charge is -2.31. The molecule has 14 heavy (non-hydrogen) atoms. The molecule has 80 valence electrons. The molecule has 3 N–H and O–H groups in total. The van der Waals surface area contributed by atoms with Gasteiger partial charge in [0.1, 0.15) is 6.17 Å². The van der Waals surface area contributed by atoms with Crippen LogP contribution in [-0.2, 0) is 9.59 Å². The Morgan fingerprint density at radius 3 is 1.93 bits per heavy atom. The molecule has 0 amide bonds. The molecule has 1 rings (SSSR count). The van der Waals surface area contributed by atoms with Crippen molar-refractivity contribution in [3.05, 3.63) is 0 Å². The van der Waals surface area contributed by atoms with Crippen LogP contribution in [0.15, 0.2) is 0 Å². The average molecular weight is 206 g/mol. The summed E-state index contributed by atoms with van der Waals surface area (Å²) in [5.74, 6) is -5.07. The van der Waals surface area contributed by atoms with Crippen molar-refractivity contribution in [3.63, 3.8) is 0 Å². The van der Waals surface area contributed by atoms with Gasteiger partial charge >= 0.3 is 11.9 Å². The molecule has 0 radical (unpaired) electrons. The van der Waals surface area contributed by atoms with E-state index in [0.29, 0.717) is 0 Å². The van der Waals surface area contributed by atoms with E-state index >= 15 is 0 Å². The predicted molar refractivity (Wildman–Crippen MR) is 42.4 cm³/mol. The van der Waals surface area contributed by atoms with Crippen molar-refractivity contribution in [2.75, 3.05) is 0 Å². The van der Waals surface area contributed by atoms with Gasteiger partial charge in [0.2, 0.25) is 0 Å². The molecule has 0 spiro atoms. The number of carboxylic acids is 2. The first-order valence-electron chi connectivity index (χ1n) is 4.21. The SMILES string of the molecule is O=C(O)[C@@H]1C[C@@H](O)[C@H](F)C[C@H]1C(=O)O. The molecule has 1 aliphatic carbocycles. The first kappa shape index (κ1) is 10.9. The lowest BCUT2D eigenvalue weighted by atomic mass is 9.77. The van der Waals surface area contributed by atoms with Crippen molar-refractivity contribution in [3.8, 4) is 0 Å². The number of aliphatic carboxylic acids is 2. The van der Waals surface area contributed by atoms with Gasteiger partial charge in [0.05, 0.1) is 17.9 Å². The van der Waals surface area contributed by atoms with E-state index in [1.807, 2.05) is 0 Å². The minimum atomic E-state index is -1.65. The molecule has 0 aromatic carbocycles. The van der Waals surface area contributed by atoms with Crippen LogP contribution in [0, 0.1) is 11.8 Å². The Morgan fingerprint density at radius 2 is 1.50 bits per heavy atom. The highest BCUT2D eigenvalue weighted by Gasteiger charge is 2.43. The summed E-state index contributed by atoms with van der Waals surface area (Å²) in [5.41, 5.74) is 0. The van der Waals surface area contributed by atoms with Crippen LogP contribution in [0.2, 0.25) is 0 Å². The van der Waals surface area contributed by atoms with Crippen LogP contribution in [0.25, 0.3) is 0 Å². The zero-order valence-corrected chi connectivity index (χ0v) is 7.26. The van der Waals surface area contributed by atoms with Gasteiger partial charge in [-0.25, -0.2) is 4.39 Å². The number of alkyl halides is 1. The predicted octanol–water partition coefficient (Wildman–Crippen LogP) is -0.119. The molecular weight excluding hydrogens is 195 g/mol.